The number of aliphatic carboxylic acids is 1. The Morgan fingerprint density at radius 1 is 1.25 bits per heavy atom. The van der Waals surface area contributed by atoms with Crippen LogP contribution in [0.1, 0.15) is 42.5 Å². The molecule has 1 atom stereocenters. The fraction of sp³-hybridized carbons (Fsp3) is 0.350. The fourth-order valence-electron chi connectivity index (χ4n) is 3.16. The zero-order valence-electron chi connectivity index (χ0n) is 15.7. The maximum absolute atomic E-state index is 11.6. The van der Waals surface area contributed by atoms with Crippen molar-refractivity contribution in [2.45, 2.75) is 39.2 Å². The Balaban J connectivity index is 1.67. The number of ether oxygens (including phenoxy) is 2. The van der Waals surface area contributed by atoms with Gasteiger partial charge in [-0.2, -0.15) is 0 Å². The number of nitrogens with one attached hydrogen (secondary N) is 1. The summed E-state index contributed by atoms with van der Waals surface area (Å²) in [6.45, 7) is 4.69. The van der Waals surface area contributed by atoms with E-state index >= 15 is 0 Å². The van der Waals surface area contributed by atoms with Crippen LogP contribution in [0.3, 0.4) is 0 Å². The molecule has 2 aromatic heterocycles. The minimum atomic E-state index is -0.907. The van der Waals surface area contributed by atoms with Crippen molar-refractivity contribution >= 4 is 33.3 Å². The first-order chi connectivity index (χ1) is 13.6. The van der Waals surface area contributed by atoms with Crippen LogP contribution in [-0.4, -0.2) is 27.8 Å². The van der Waals surface area contributed by atoms with Crippen LogP contribution in [0.15, 0.2) is 24.3 Å². The highest BCUT2D eigenvalue weighted by Gasteiger charge is 2.23. The molecule has 146 valence electrons. The Kier molecular flexibility index (Phi) is 5.04. The van der Waals surface area contributed by atoms with Gasteiger partial charge in [0.2, 0.25) is 6.79 Å². The lowest BCUT2D eigenvalue weighted by molar-refractivity contribution is -0.139. The molecule has 0 fully saturated rings. The van der Waals surface area contributed by atoms with Gasteiger partial charge in [0.15, 0.2) is 11.5 Å². The monoisotopic (exact) mass is 399 g/mol. The van der Waals surface area contributed by atoms with E-state index in [0.29, 0.717) is 24.6 Å². The second-order valence-corrected chi connectivity index (χ2v) is 7.67. The van der Waals surface area contributed by atoms with Gasteiger partial charge < -0.3 is 19.9 Å². The van der Waals surface area contributed by atoms with Crippen molar-refractivity contribution in [1.29, 1.82) is 0 Å². The summed E-state index contributed by atoms with van der Waals surface area (Å²) in [5.41, 5.74) is 1.02. The number of hydrogen-bond acceptors (Lipinski definition) is 7. The molecule has 2 N–H and O–H groups in total. The zero-order chi connectivity index (χ0) is 19.7. The summed E-state index contributed by atoms with van der Waals surface area (Å²) in [5.74, 6) is 0.855. The summed E-state index contributed by atoms with van der Waals surface area (Å²) in [7, 11) is 0. The largest absolute Gasteiger partial charge is 0.481 e. The Hall–Kier alpha value is -2.87. The average molecular weight is 399 g/mol. The molecule has 8 heteroatoms. The number of nitrogens with zero attached hydrogens (tertiary/aromatic N) is 2. The maximum Gasteiger partial charge on any atom is 0.314 e. The number of carbonyl (C=O) groups is 1. The van der Waals surface area contributed by atoms with Crippen LogP contribution in [0.4, 0.5) is 5.82 Å². The second-order valence-electron chi connectivity index (χ2n) is 6.56. The van der Waals surface area contributed by atoms with E-state index in [1.54, 1.807) is 11.3 Å². The number of thiophene rings is 1. The molecule has 0 saturated carbocycles. The molecule has 0 aliphatic carbocycles. The van der Waals surface area contributed by atoms with Crippen molar-refractivity contribution in [2.24, 2.45) is 0 Å². The van der Waals surface area contributed by atoms with Crippen LogP contribution in [-0.2, 0) is 17.8 Å². The molecular formula is C20H21N3O4S. The molecule has 0 spiro atoms. The van der Waals surface area contributed by atoms with Crippen molar-refractivity contribution in [3.05, 3.63) is 40.5 Å². The van der Waals surface area contributed by atoms with Gasteiger partial charge in [-0.3, -0.25) is 4.79 Å². The molecular weight excluding hydrogens is 378 g/mol. The molecule has 0 amide bonds. The van der Waals surface area contributed by atoms with Crippen LogP contribution >= 0.6 is 11.3 Å². The van der Waals surface area contributed by atoms with Crippen molar-refractivity contribution in [3.63, 3.8) is 0 Å². The van der Waals surface area contributed by atoms with E-state index in [1.807, 2.05) is 25.1 Å². The lowest BCUT2D eigenvalue weighted by Gasteiger charge is -2.12. The SMILES string of the molecule is CCc1cc2c(NCc3ccc4c(c3)OCO4)nc(C(CC)C(=O)O)nc2s1. The van der Waals surface area contributed by atoms with Crippen molar-refractivity contribution in [1.82, 2.24) is 9.97 Å². The number of rotatable bonds is 7. The number of carboxylic acid groups (broad SMARTS) is 1. The van der Waals surface area contributed by atoms with Gasteiger partial charge in [0, 0.05) is 11.4 Å². The van der Waals surface area contributed by atoms with Crippen LogP contribution in [0.5, 0.6) is 11.5 Å². The summed E-state index contributed by atoms with van der Waals surface area (Å²) in [5, 5.41) is 13.8. The zero-order valence-corrected chi connectivity index (χ0v) is 16.5. The molecule has 0 saturated heterocycles. The maximum atomic E-state index is 11.6. The first-order valence-electron chi connectivity index (χ1n) is 9.24. The van der Waals surface area contributed by atoms with Gasteiger partial charge >= 0.3 is 5.97 Å². The van der Waals surface area contributed by atoms with E-state index in [4.69, 9.17) is 9.47 Å². The van der Waals surface area contributed by atoms with Gasteiger partial charge in [-0.15, -0.1) is 11.3 Å². The Morgan fingerprint density at radius 3 is 2.82 bits per heavy atom. The first-order valence-corrected chi connectivity index (χ1v) is 10.1. The van der Waals surface area contributed by atoms with E-state index in [2.05, 4.69) is 28.3 Å². The van der Waals surface area contributed by atoms with Gasteiger partial charge in [-0.25, -0.2) is 9.97 Å². The molecule has 3 aromatic rings. The predicted molar refractivity (Wildman–Crippen MR) is 107 cm³/mol. The second kappa shape index (κ2) is 7.63. The van der Waals surface area contributed by atoms with E-state index in [0.717, 1.165) is 33.7 Å². The molecule has 4 rings (SSSR count). The Morgan fingerprint density at radius 2 is 2.07 bits per heavy atom. The Labute approximate surface area is 166 Å². The van der Waals surface area contributed by atoms with E-state index < -0.39 is 11.9 Å². The van der Waals surface area contributed by atoms with Crippen molar-refractivity contribution in [2.75, 3.05) is 12.1 Å². The fourth-order valence-corrected chi connectivity index (χ4v) is 4.13. The molecule has 1 unspecified atom stereocenters. The number of aryl methyl sites for hydroxylation is 1. The lowest BCUT2D eigenvalue weighted by atomic mass is 10.1. The van der Waals surface area contributed by atoms with Gasteiger partial charge in [-0.1, -0.05) is 19.9 Å². The van der Waals surface area contributed by atoms with Crippen LogP contribution in [0.25, 0.3) is 10.2 Å². The summed E-state index contributed by atoms with van der Waals surface area (Å²) in [4.78, 5) is 22.7. The standard InChI is InChI=1S/C20H21N3O4S/c1-3-12-8-14-17(21-9-11-5-6-15-16(7-11)27-10-26-15)22-18(23-19(14)28-12)13(4-2)20(24)25/h5-8,13H,3-4,9-10H2,1-2H3,(H,24,25)(H,21,22,23). The topological polar surface area (TPSA) is 93.6 Å². The molecule has 0 bridgehead atoms. The van der Waals surface area contributed by atoms with E-state index in [1.165, 1.54) is 4.88 Å². The highest BCUT2D eigenvalue weighted by molar-refractivity contribution is 7.18. The highest BCUT2D eigenvalue weighted by Crippen LogP contribution is 2.34. The number of fused-ring (bicyclic) bond motifs is 2. The third-order valence-corrected chi connectivity index (χ3v) is 5.90. The van der Waals surface area contributed by atoms with Crippen LogP contribution < -0.4 is 14.8 Å². The molecule has 1 aromatic carbocycles. The number of benzene rings is 1. The van der Waals surface area contributed by atoms with Crippen molar-refractivity contribution in [3.8, 4) is 11.5 Å². The van der Waals surface area contributed by atoms with Gasteiger partial charge in [0.25, 0.3) is 0 Å². The summed E-state index contributed by atoms with van der Waals surface area (Å²) in [6.07, 6.45) is 1.34. The Bertz CT molecular complexity index is 1030. The number of aromatic nitrogens is 2. The quantitative estimate of drug-likeness (QED) is 0.616. The summed E-state index contributed by atoms with van der Waals surface area (Å²) >= 11 is 1.58. The summed E-state index contributed by atoms with van der Waals surface area (Å²) < 4.78 is 10.8. The molecule has 28 heavy (non-hydrogen) atoms. The van der Waals surface area contributed by atoms with Crippen LogP contribution in [0, 0.1) is 0 Å². The minimum Gasteiger partial charge on any atom is -0.481 e. The number of anilines is 1. The third-order valence-electron chi connectivity index (χ3n) is 4.72. The molecule has 3 heterocycles. The third kappa shape index (κ3) is 3.47. The molecule has 0 radical (unpaired) electrons. The first kappa shape index (κ1) is 18.5. The lowest BCUT2D eigenvalue weighted by Crippen LogP contribution is -2.15. The number of hydrogen-bond donors (Lipinski definition) is 2. The van der Waals surface area contributed by atoms with Crippen molar-refractivity contribution < 1.29 is 19.4 Å². The minimum absolute atomic E-state index is 0.240. The van der Waals surface area contributed by atoms with Gasteiger partial charge in [0.05, 0.1) is 5.39 Å². The average Bonchev–Trinajstić information content (AvgIpc) is 3.32. The molecule has 7 nitrogen and oxygen atoms in total. The smallest absolute Gasteiger partial charge is 0.314 e. The van der Waals surface area contributed by atoms with Gasteiger partial charge in [-0.05, 0) is 36.6 Å². The van der Waals surface area contributed by atoms with Crippen LogP contribution in [0.2, 0.25) is 0 Å². The van der Waals surface area contributed by atoms with E-state index in [-0.39, 0.29) is 6.79 Å². The summed E-state index contributed by atoms with van der Waals surface area (Å²) in [6, 6.07) is 7.87. The molecule has 1 aliphatic rings. The highest BCUT2D eigenvalue weighted by atomic mass is 32.1. The normalized spacial score (nSPS) is 13.6. The predicted octanol–water partition coefficient (Wildman–Crippen LogP) is 4.17. The molecule has 1 aliphatic heterocycles. The van der Waals surface area contributed by atoms with E-state index in [9.17, 15) is 9.90 Å². The number of carboxylic acids is 1. The van der Waals surface area contributed by atoms with Gasteiger partial charge in [0.1, 0.15) is 22.4 Å².